The Labute approximate surface area is 333 Å². The Bertz CT molecular complexity index is 2000. The molecule has 1 aromatic heterocycles. The fourth-order valence-corrected chi connectivity index (χ4v) is 8.17. The number of aliphatic hydroxyl groups excluding tert-OH is 2. The summed E-state index contributed by atoms with van der Waals surface area (Å²) in [5.41, 5.74) is 5.18. The second-order valence-corrected chi connectivity index (χ2v) is 16.7. The van der Waals surface area contributed by atoms with Gasteiger partial charge in [-0.2, -0.15) is 0 Å². The Hall–Kier alpha value is -4.86. The maximum atomic E-state index is 15.0. The number of amides is 3. The van der Waals surface area contributed by atoms with Crippen LogP contribution in [0, 0.1) is 17.3 Å². The summed E-state index contributed by atoms with van der Waals surface area (Å²) < 4.78 is 12.2. The van der Waals surface area contributed by atoms with Crippen LogP contribution in [-0.2, 0) is 14.4 Å². The maximum Gasteiger partial charge on any atom is 0.247 e. The molecule has 6 rings (SSSR count). The lowest BCUT2D eigenvalue weighted by Crippen LogP contribution is -2.71. The van der Waals surface area contributed by atoms with Gasteiger partial charge in [0.05, 0.1) is 30.4 Å². The van der Waals surface area contributed by atoms with Crippen molar-refractivity contribution >= 4 is 28.6 Å². The number of pyridine rings is 1. The van der Waals surface area contributed by atoms with Gasteiger partial charge in [0, 0.05) is 42.3 Å². The van der Waals surface area contributed by atoms with Crippen molar-refractivity contribution in [2.75, 3.05) is 13.7 Å². The van der Waals surface area contributed by atoms with Crippen LogP contribution in [-0.4, -0.2) is 98.5 Å². The zero-order valence-corrected chi connectivity index (χ0v) is 33.3. The molecule has 2 aliphatic carbocycles. The number of carbonyl (C=O) groups is 3. The van der Waals surface area contributed by atoms with Crippen LogP contribution in [0.3, 0.4) is 0 Å². The minimum absolute atomic E-state index is 0.0857. The lowest BCUT2D eigenvalue weighted by molar-refractivity contribution is -0.151. The van der Waals surface area contributed by atoms with E-state index in [-0.39, 0.29) is 37.1 Å². The number of benzene rings is 2. The van der Waals surface area contributed by atoms with Crippen molar-refractivity contribution in [2.45, 2.75) is 102 Å². The summed E-state index contributed by atoms with van der Waals surface area (Å²) in [6.07, 6.45) is 3.48. The molecule has 2 aromatic carbocycles. The van der Waals surface area contributed by atoms with Gasteiger partial charge in [0.15, 0.2) is 6.29 Å². The fraction of sp³-hybridized carbons (Fsp3) is 0.488. The van der Waals surface area contributed by atoms with E-state index in [1.165, 1.54) is 11.8 Å². The third kappa shape index (κ3) is 8.70. The lowest BCUT2D eigenvalue weighted by atomic mass is 9.83. The summed E-state index contributed by atoms with van der Waals surface area (Å²) in [7, 11) is 1.57. The molecule has 14 heteroatoms. The third-order valence-electron chi connectivity index (χ3n) is 11.6. The molecule has 57 heavy (non-hydrogen) atoms. The summed E-state index contributed by atoms with van der Waals surface area (Å²) >= 11 is 0. The van der Waals surface area contributed by atoms with E-state index >= 15 is 4.79 Å². The number of aliphatic hydroxyl groups is 3. The van der Waals surface area contributed by atoms with Crippen molar-refractivity contribution in [3.05, 3.63) is 79.4 Å². The first-order valence-corrected chi connectivity index (χ1v) is 19.5. The van der Waals surface area contributed by atoms with Gasteiger partial charge in [0.2, 0.25) is 17.7 Å². The van der Waals surface area contributed by atoms with E-state index in [0.29, 0.717) is 40.9 Å². The van der Waals surface area contributed by atoms with Crippen LogP contribution in [0.4, 0.5) is 0 Å². The van der Waals surface area contributed by atoms with Gasteiger partial charge >= 0.3 is 0 Å². The molecular formula is C43H56N6O8. The molecule has 0 radical (unpaired) electrons. The van der Waals surface area contributed by atoms with E-state index in [4.69, 9.17) is 20.2 Å². The average Bonchev–Trinajstić information content (AvgIpc) is 3.81. The zero-order chi connectivity index (χ0) is 41.3. The van der Waals surface area contributed by atoms with Crippen LogP contribution in [0.5, 0.6) is 11.5 Å². The molecule has 306 valence electrons. The summed E-state index contributed by atoms with van der Waals surface area (Å²) in [5.74, 6) is -0.949. The van der Waals surface area contributed by atoms with Crippen LogP contribution in [0.2, 0.25) is 0 Å². The molecule has 3 aromatic rings. The minimum atomic E-state index is -1.87. The Balaban J connectivity index is 1.37. The Morgan fingerprint density at radius 1 is 1.05 bits per heavy atom. The molecule has 2 heterocycles. The Morgan fingerprint density at radius 3 is 2.39 bits per heavy atom. The van der Waals surface area contributed by atoms with Crippen LogP contribution >= 0.6 is 0 Å². The molecule has 8 N–H and O–H groups in total. The van der Waals surface area contributed by atoms with Gasteiger partial charge in [0.25, 0.3) is 0 Å². The van der Waals surface area contributed by atoms with Crippen molar-refractivity contribution in [3.8, 4) is 22.8 Å². The van der Waals surface area contributed by atoms with Gasteiger partial charge < -0.3 is 46.1 Å². The van der Waals surface area contributed by atoms with E-state index in [0.717, 1.165) is 12.0 Å². The Morgan fingerprint density at radius 2 is 1.79 bits per heavy atom. The van der Waals surface area contributed by atoms with Crippen molar-refractivity contribution in [1.29, 1.82) is 0 Å². The Kier molecular flexibility index (Phi) is 12.1. The van der Waals surface area contributed by atoms with Crippen LogP contribution in [0.25, 0.3) is 22.2 Å². The zero-order valence-electron chi connectivity index (χ0n) is 33.3. The summed E-state index contributed by atoms with van der Waals surface area (Å²) in [5, 5.41) is 42.2. The van der Waals surface area contributed by atoms with Crippen molar-refractivity contribution < 1.29 is 39.2 Å². The van der Waals surface area contributed by atoms with E-state index in [1.807, 2.05) is 75.4 Å². The van der Waals surface area contributed by atoms with Gasteiger partial charge in [-0.15, -0.1) is 6.58 Å². The number of nitrogens with zero attached hydrogens (tertiary/aromatic N) is 2. The number of methoxy groups -OCH3 is 1. The molecular weight excluding hydrogens is 729 g/mol. The predicted molar refractivity (Wildman–Crippen MR) is 215 cm³/mol. The van der Waals surface area contributed by atoms with Gasteiger partial charge in [0.1, 0.15) is 41.6 Å². The topological polar surface area (TPSA) is 209 Å². The third-order valence-corrected chi connectivity index (χ3v) is 11.6. The lowest BCUT2D eigenvalue weighted by Gasteiger charge is -2.44. The monoisotopic (exact) mass is 784 g/mol. The van der Waals surface area contributed by atoms with Gasteiger partial charge in [-0.25, -0.2) is 4.98 Å². The molecule has 7 unspecified atom stereocenters. The highest BCUT2D eigenvalue weighted by Gasteiger charge is 2.62. The smallest absolute Gasteiger partial charge is 0.247 e. The average molecular weight is 785 g/mol. The molecule has 3 aliphatic rings. The highest BCUT2D eigenvalue weighted by Crippen LogP contribution is 2.48. The first-order chi connectivity index (χ1) is 27.0. The first-order valence-electron chi connectivity index (χ1n) is 19.5. The number of nitrogens with two attached hydrogens (primary N) is 1. The number of hydrogen-bond acceptors (Lipinski definition) is 11. The number of hydrogen-bond donors (Lipinski definition) is 7. The number of ether oxygens (including phenoxy) is 2. The maximum absolute atomic E-state index is 15.0. The molecule has 14 nitrogen and oxygen atoms in total. The SMILES string of the molecule is C=CC1CC1(NC(O)[C@@]1(N)CC(Oc2cc(-c3ccccc3)nc3cc(OC)ccc23)CN1C(=O)C(NC(=O)C(NC(C)=O)C1CC=CCC1)C(C)(C)C)C(O)O. The van der Waals surface area contributed by atoms with Gasteiger partial charge in [-0.05, 0) is 49.1 Å². The molecule has 0 bridgehead atoms. The number of allylic oxidation sites excluding steroid dienone is 2. The molecule has 3 amide bonds. The van der Waals surface area contributed by atoms with Crippen molar-refractivity contribution in [1.82, 2.24) is 25.8 Å². The van der Waals surface area contributed by atoms with Crippen LogP contribution in [0.1, 0.15) is 59.8 Å². The quantitative estimate of drug-likeness (QED) is 0.0934. The van der Waals surface area contributed by atoms with E-state index in [9.17, 15) is 24.9 Å². The highest BCUT2D eigenvalue weighted by molar-refractivity contribution is 5.93. The van der Waals surface area contributed by atoms with E-state index in [2.05, 4.69) is 22.5 Å². The number of nitrogens with one attached hydrogen (secondary N) is 3. The van der Waals surface area contributed by atoms with E-state index < -0.39 is 59.1 Å². The summed E-state index contributed by atoms with van der Waals surface area (Å²) in [6.45, 7) is 10.5. The first kappa shape index (κ1) is 41.8. The summed E-state index contributed by atoms with van der Waals surface area (Å²) in [6, 6.07) is 14.8. The molecule has 8 atom stereocenters. The number of carbonyl (C=O) groups excluding carboxylic acids is 3. The highest BCUT2D eigenvalue weighted by atomic mass is 16.5. The van der Waals surface area contributed by atoms with Crippen LogP contribution < -0.4 is 31.2 Å². The summed E-state index contributed by atoms with van der Waals surface area (Å²) in [4.78, 5) is 47.6. The normalized spacial score (nSPS) is 26.1. The van der Waals surface area contributed by atoms with Crippen LogP contribution in [0.15, 0.2) is 79.4 Å². The van der Waals surface area contributed by atoms with Crippen molar-refractivity contribution in [3.63, 3.8) is 0 Å². The standard InChI is InChI=1S/C43H56N6O8/c1-7-28-22-42(28,40(54)55)48-39(53)43(44)23-30(57-34-21-32(26-14-10-8-11-15-26)46-33-20-29(56-6)18-19-31(33)34)24-49(43)38(52)36(41(3,4)5)47-37(51)35(45-25(2)50)27-16-12-9-13-17-27/h7-12,14-15,18-21,27-28,30,35-36,39-40,48,53-55H,1,13,16-17,22-24,44H2,2-6H3,(H,45,50)(H,47,51)/t27?,28?,30?,35?,36?,39?,42?,43-/m1/s1. The second kappa shape index (κ2) is 16.5. The predicted octanol–water partition coefficient (Wildman–Crippen LogP) is 3.10. The second-order valence-electron chi connectivity index (χ2n) is 16.7. The van der Waals surface area contributed by atoms with Crippen molar-refractivity contribution in [2.24, 2.45) is 23.0 Å². The minimum Gasteiger partial charge on any atom is -0.497 e. The molecule has 1 saturated carbocycles. The number of aromatic nitrogens is 1. The number of fused-ring (bicyclic) bond motifs is 1. The molecule has 2 fully saturated rings. The largest absolute Gasteiger partial charge is 0.497 e. The number of rotatable bonds is 14. The molecule has 1 aliphatic heterocycles. The van der Waals surface area contributed by atoms with Gasteiger partial charge in [-0.3, -0.25) is 19.7 Å². The van der Waals surface area contributed by atoms with E-state index in [1.54, 1.807) is 25.3 Å². The molecule has 1 saturated heterocycles. The molecule has 0 spiro atoms. The fourth-order valence-electron chi connectivity index (χ4n) is 8.17. The van der Waals surface area contributed by atoms with Gasteiger partial charge in [-0.1, -0.05) is 69.3 Å². The number of likely N-dealkylation sites (tertiary alicyclic amines) is 1.